The Morgan fingerprint density at radius 1 is 1.05 bits per heavy atom. The van der Waals surface area contributed by atoms with Crippen molar-refractivity contribution in [1.29, 1.82) is 0 Å². The van der Waals surface area contributed by atoms with Crippen molar-refractivity contribution in [2.45, 2.75) is 39.2 Å². The summed E-state index contributed by atoms with van der Waals surface area (Å²) in [6.45, 7) is 9.15. The molecule has 1 unspecified atom stereocenters. The zero-order chi connectivity index (χ0) is 15.5. The Balaban J connectivity index is 2.23. The molecular formula is C19H25NO. The minimum Gasteiger partial charge on any atom is -0.484 e. The summed E-state index contributed by atoms with van der Waals surface area (Å²) in [6, 6.07) is 16.6. The first kappa shape index (κ1) is 15.6. The third-order valence-corrected chi connectivity index (χ3v) is 3.61. The standard InChI is InChI=1S/C19H25NO/c1-14-7-5-8-15(11-14)18(13-20)21-17-10-6-9-16(12-17)19(2,3)4/h5-12,18H,13,20H2,1-4H3. The molecule has 0 heterocycles. The second-order valence-electron chi connectivity index (χ2n) is 6.53. The normalized spacial score (nSPS) is 13.0. The molecule has 0 bridgehead atoms. The van der Waals surface area contributed by atoms with Crippen LogP contribution in [0.4, 0.5) is 0 Å². The van der Waals surface area contributed by atoms with E-state index in [1.54, 1.807) is 0 Å². The second kappa shape index (κ2) is 6.31. The largest absolute Gasteiger partial charge is 0.484 e. The maximum absolute atomic E-state index is 6.12. The minimum atomic E-state index is -0.111. The van der Waals surface area contributed by atoms with Crippen molar-refractivity contribution < 1.29 is 4.74 Å². The van der Waals surface area contributed by atoms with Crippen LogP contribution in [0, 0.1) is 6.92 Å². The van der Waals surface area contributed by atoms with Crippen LogP contribution < -0.4 is 10.5 Å². The molecule has 0 spiro atoms. The number of aryl methyl sites for hydroxylation is 1. The third-order valence-electron chi connectivity index (χ3n) is 3.61. The molecule has 1 atom stereocenters. The number of hydrogen-bond donors (Lipinski definition) is 1. The van der Waals surface area contributed by atoms with Gasteiger partial charge in [0.15, 0.2) is 0 Å². The van der Waals surface area contributed by atoms with Crippen molar-refractivity contribution in [2.75, 3.05) is 6.54 Å². The maximum Gasteiger partial charge on any atom is 0.136 e. The molecule has 2 nitrogen and oxygen atoms in total. The summed E-state index contributed by atoms with van der Waals surface area (Å²) in [6.07, 6.45) is -0.111. The molecule has 0 aliphatic heterocycles. The molecule has 0 saturated heterocycles. The van der Waals surface area contributed by atoms with Gasteiger partial charge in [0.25, 0.3) is 0 Å². The Hall–Kier alpha value is -1.80. The van der Waals surface area contributed by atoms with Gasteiger partial charge in [0.05, 0.1) is 0 Å². The van der Waals surface area contributed by atoms with E-state index in [4.69, 9.17) is 10.5 Å². The monoisotopic (exact) mass is 283 g/mol. The van der Waals surface area contributed by atoms with Crippen LogP contribution in [0.3, 0.4) is 0 Å². The molecule has 0 aromatic heterocycles. The van der Waals surface area contributed by atoms with Crippen molar-refractivity contribution in [1.82, 2.24) is 0 Å². The Kier molecular flexibility index (Phi) is 4.69. The average molecular weight is 283 g/mol. The molecule has 112 valence electrons. The predicted molar refractivity (Wildman–Crippen MR) is 88.7 cm³/mol. The molecule has 0 aliphatic rings. The van der Waals surface area contributed by atoms with Gasteiger partial charge in [-0.05, 0) is 35.6 Å². The van der Waals surface area contributed by atoms with Crippen LogP contribution in [0.15, 0.2) is 48.5 Å². The molecule has 0 amide bonds. The second-order valence-corrected chi connectivity index (χ2v) is 6.53. The first-order valence-corrected chi connectivity index (χ1v) is 7.44. The molecule has 0 aliphatic carbocycles. The van der Waals surface area contributed by atoms with E-state index in [-0.39, 0.29) is 11.5 Å². The highest BCUT2D eigenvalue weighted by Gasteiger charge is 2.16. The number of benzene rings is 2. The fourth-order valence-electron chi connectivity index (χ4n) is 2.32. The van der Waals surface area contributed by atoms with Gasteiger partial charge in [-0.2, -0.15) is 0 Å². The van der Waals surface area contributed by atoms with Gasteiger partial charge in [-0.1, -0.05) is 62.7 Å². The van der Waals surface area contributed by atoms with Gasteiger partial charge in [0.1, 0.15) is 11.9 Å². The lowest BCUT2D eigenvalue weighted by Crippen LogP contribution is -2.19. The van der Waals surface area contributed by atoms with Gasteiger partial charge >= 0.3 is 0 Å². The van der Waals surface area contributed by atoms with E-state index in [0.29, 0.717) is 6.54 Å². The molecule has 2 aromatic carbocycles. The van der Waals surface area contributed by atoms with Crippen LogP contribution in [0.25, 0.3) is 0 Å². The number of nitrogens with two attached hydrogens (primary N) is 1. The third kappa shape index (κ3) is 4.08. The van der Waals surface area contributed by atoms with Crippen molar-refractivity contribution >= 4 is 0 Å². The summed E-state index contributed by atoms with van der Waals surface area (Å²) in [4.78, 5) is 0. The van der Waals surface area contributed by atoms with Gasteiger partial charge in [-0.15, -0.1) is 0 Å². The Morgan fingerprint density at radius 2 is 1.76 bits per heavy atom. The number of hydrogen-bond acceptors (Lipinski definition) is 2. The summed E-state index contributed by atoms with van der Waals surface area (Å²) in [5.41, 5.74) is 9.62. The zero-order valence-electron chi connectivity index (χ0n) is 13.4. The van der Waals surface area contributed by atoms with E-state index >= 15 is 0 Å². The van der Waals surface area contributed by atoms with Gasteiger partial charge in [-0.3, -0.25) is 0 Å². The van der Waals surface area contributed by atoms with E-state index in [1.165, 1.54) is 11.1 Å². The van der Waals surface area contributed by atoms with Crippen LogP contribution in [0.1, 0.15) is 43.6 Å². The van der Waals surface area contributed by atoms with Crippen LogP contribution >= 0.6 is 0 Å². The SMILES string of the molecule is Cc1cccc(C(CN)Oc2cccc(C(C)(C)C)c2)c1. The van der Waals surface area contributed by atoms with Crippen LogP contribution in [-0.2, 0) is 5.41 Å². The zero-order valence-corrected chi connectivity index (χ0v) is 13.4. The van der Waals surface area contributed by atoms with E-state index < -0.39 is 0 Å². The van der Waals surface area contributed by atoms with E-state index in [1.807, 2.05) is 18.2 Å². The molecule has 0 fully saturated rings. The Bertz CT molecular complexity index is 599. The molecular weight excluding hydrogens is 258 g/mol. The van der Waals surface area contributed by atoms with Crippen LogP contribution in [0.5, 0.6) is 5.75 Å². The highest BCUT2D eigenvalue weighted by atomic mass is 16.5. The molecule has 2 aromatic rings. The number of rotatable bonds is 4. The maximum atomic E-state index is 6.12. The summed E-state index contributed by atoms with van der Waals surface area (Å²) < 4.78 is 6.12. The van der Waals surface area contributed by atoms with Gasteiger partial charge in [0.2, 0.25) is 0 Å². The topological polar surface area (TPSA) is 35.2 Å². The highest BCUT2D eigenvalue weighted by Crippen LogP contribution is 2.28. The van der Waals surface area contributed by atoms with Gasteiger partial charge in [0, 0.05) is 6.54 Å². The molecule has 21 heavy (non-hydrogen) atoms. The van der Waals surface area contributed by atoms with E-state index in [0.717, 1.165) is 11.3 Å². The molecule has 2 N–H and O–H groups in total. The molecule has 2 rings (SSSR count). The first-order valence-electron chi connectivity index (χ1n) is 7.44. The Labute approximate surface area is 127 Å². The fraction of sp³-hybridized carbons (Fsp3) is 0.368. The lowest BCUT2D eigenvalue weighted by Gasteiger charge is -2.22. The summed E-state index contributed by atoms with van der Waals surface area (Å²) in [5.74, 6) is 0.874. The van der Waals surface area contributed by atoms with E-state index in [2.05, 4.69) is 58.0 Å². The van der Waals surface area contributed by atoms with Crippen molar-refractivity contribution in [3.8, 4) is 5.75 Å². The summed E-state index contributed by atoms with van der Waals surface area (Å²) >= 11 is 0. The van der Waals surface area contributed by atoms with Crippen LogP contribution in [-0.4, -0.2) is 6.54 Å². The minimum absolute atomic E-state index is 0.111. The Morgan fingerprint density at radius 3 is 2.38 bits per heavy atom. The lowest BCUT2D eigenvalue weighted by molar-refractivity contribution is 0.213. The van der Waals surface area contributed by atoms with E-state index in [9.17, 15) is 0 Å². The van der Waals surface area contributed by atoms with Gasteiger partial charge in [-0.25, -0.2) is 0 Å². The molecule has 0 radical (unpaired) electrons. The first-order chi connectivity index (χ1) is 9.90. The van der Waals surface area contributed by atoms with Gasteiger partial charge < -0.3 is 10.5 Å². The fourth-order valence-corrected chi connectivity index (χ4v) is 2.32. The van der Waals surface area contributed by atoms with Crippen molar-refractivity contribution in [3.05, 3.63) is 65.2 Å². The molecule has 0 saturated carbocycles. The van der Waals surface area contributed by atoms with Crippen molar-refractivity contribution in [2.24, 2.45) is 5.73 Å². The van der Waals surface area contributed by atoms with Crippen molar-refractivity contribution in [3.63, 3.8) is 0 Å². The smallest absolute Gasteiger partial charge is 0.136 e. The lowest BCUT2D eigenvalue weighted by atomic mass is 9.87. The number of ether oxygens (including phenoxy) is 1. The molecule has 2 heteroatoms. The summed E-state index contributed by atoms with van der Waals surface area (Å²) in [7, 11) is 0. The quantitative estimate of drug-likeness (QED) is 0.904. The average Bonchev–Trinajstić information content (AvgIpc) is 2.44. The summed E-state index contributed by atoms with van der Waals surface area (Å²) in [5, 5.41) is 0. The predicted octanol–water partition coefficient (Wildman–Crippen LogP) is 4.37. The van der Waals surface area contributed by atoms with Crippen LogP contribution in [0.2, 0.25) is 0 Å². The highest BCUT2D eigenvalue weighted by molar-refractivity contribution is 5.34.